The Morgan fingerprint density at radius 3 is 1.81 bits per heavy atom. The van der Waals surface area contributed by atoms with Gasteiger partial charge in [-0.3, -0.25) is 4.79 Å². The molecule has 1 fully saturated rings. The molecule has 7 nitrogen and oxygen atoms in total. The van der Waals surface area contributed by atoms with Gasteiger partial charge < -0.3 is 19.5 Å². The zero-order valence-electron chi connectivity index (χ0n) is 28.1. The van der Waals surface area contributed by atoms with Crippen LogP contribution in [0.25, 0.3) is 0 Å². The van der Waals surface area contributed by atoms with Crippen molar-refractivity contribution in [3.8, 4) is 0 Å². The van der Waals surface area contributed by atoms with Gasteiger partial charge in [0.1, 0.15) is 17.2 Å². The van der Waals surface area contributed by atoms with Crippen LogP contribution in [0.2, 0.25) is 0 Å². The van der Waals surface area contributed by atoms with Gasteiger partial charge in [0.25, 0.3) is 6.08 Å². The van der Waals surface area contributed by atoms with Crippen LogP contribution in [-0.2, 0) is 21.5 Å². The maximum Gasteiger partial charge on any atom is 0.408 e. The number of aromatic nitrogens is 2. The lowest BCUT2D eigenvalue weighted by Crippen LogP contribution is -2.51. The summed E-state index contributed by atoms with van der Waals surface area (Å²) in [5, 5.41) is 2.76. The Morgan fingerprint density at radius 1 is 0.854 bits per heavy atom. The van der Waals surface area contributed by atoms with Crippen molar-refractivity contribution in [2.45, 2.75) is 77.0 Å². The smallest absolute Gasteiger partial charge is 0.408 e. The first-order valence-electron chi connectivity index (χ1n) is 16.5. The van der Waals surface area contributed by atoms with Crippen LogP contribution in [0.15, 0.2) is 109 Å². The molecule has 1 atom stereocenters. The van der Waals surface area contributed by atoms with Gasteiger partial charge in [0, 0.05) is 18.8 Å². The molecule has 5 rings (SSSR count). The van der Waals surface area contributed by atoms with Gasteiger partial charge in [-0.1, -0.05) is 91.0 Å². The fourth-order valence-electron chi connectivity index (χ4n) is 6.57. The lowest BCUT2D eigenvalue weighted by Gasteiger charge is -2.38. The number of benzene rings is 3. The van der Waals surface area contributed by atoms with Crippen LogP contribution in [-0.4, -0.2) is 51.2 Å². The molecule has 1 aliphatic rings. The van der Waals surface area contributed by atoms with Crippen LogP contribution >= 0.6 is 0 Å². The number of carbonyl (C=O) groups excluding carboxylic acids is 2. The Labute approximate surface area is 281 Å². The monoisotopic (exact) mass is 654 g/mol. The Morgan fingerprint density at radius 2 is 1.35 bits per heavy atom. The number of imidazole rings is 1. The highest BCUT2D eigenvalue weighted by atomic mass is 19.3. The third-order valence-electron chi connectivity index (χ3n) is 8.89. The average molecular weight is 655 g/mol. The highest BCUT2D eigenvalue weighted by molar-refractivity contribution is 5.86. The molecule has 1 aliphatic heterocycles. The van der Waals surface area contributed by atoms with Crippen LogP contribution in [0.3, 0.4) is 0 Å². The maximum atomic E-state index is 13.6. The number of piperidine rings is 1. The number of amides is 2. The SMILES string of the molecule is Cc1c(CCC[C@H](NC(=O)OC(C)(C)C)C(=O)N2CCC(=C(F)F)CC2)ncn1C(c1ccccc1)(c1ccccc1)c1ccccc1. The molecule has 3 aromatic carbocycles. The summed E-state index contributed by atoms with van der Waals surface area (Å²) in [6, 6.07) is 30.3. The average Bonchev–Trinajstić information content (AvgIpc) is 3.44. The van der Waals surface area contributed by atoms with Crippen molar-refractivity contribution in [2.24, 2.45) is 0 Å². The van der Waals surface area contributed by atoms with E-state index in [4.69, 9.17) is 9.72 Å². The summed E-state index contributed by atoms with van der Waals surface area (Å²) >= 11 is 0. The van der Waals surface area contributed by atoms with Gasteiger partial charge in [0.05, 0.1) is 12.0 Å². The minimum atomic E-state index is -1.67. The summed E-state index contributed by atoms with van der Waals surface area (Å²) in [6.45, 7) is 7.70. The normalized spacial score (nSPS) is 14.4. The molecule has 48 heavy (non-hydrogen) atoms. The van der Waals surface area contributed by atoms with Crippen molar-refractivity contribution < 1.29 is 23.1 Å². The summed E-state index contributed by atoms with van der Waals surface area (Å²) in [7, 11) is 0. The van der Waals surface area contributed by atoms with E-state index in [1.165, 1.54) is 0 Å². The minimum absolute atomic E-state index is 0.0827. The molecule has 0 spiro atoms. The number of hydrogen-bond donors (Lipinski definition) is 1. The molecular weight excluding hydrogens is 610 g/mol. The molecule has 1 aromatic heterocycles. The molecule has 0 saturated carbocycles. The van der Waals surface area contributed by atoms with E-state index >= 15 is 0 Å². The second-order valence-electron chi connectivity index (χ2n) is 13.2. The van der Waals surface area contributed by atoms with E-state index in [0.717, 1.165) is 28.1 Å². The number of halogens is 2. The van der Waals surface area contributed by atoms with E-state index in [2.05, 4.69) is 53.2 Å². The molecule has 2 amide bonds. The first-order chi connectivity index (χ1) is 23.0. The number of carbonyl (C=O) groups is 2. The predicted octanol–water partition coefficient (Wildman–Crippen LogP) is 8.02. The van der Waals surface area contributed by atoms with Crippen molar-refractivity contribution in [1.29, 1.82) is 0 Å². The third kappa shape index (κ3) is 7.67. The molecule has 1 saturated heterocycles. The number of nitrogens with one attached hydrogen (secondary N) is 1. The van der Waals surface area contributed by atoms with Gasteiger partial charge in [-0.15, -0.1) is 0 Å². The predicted molar refractivity (Wildman–Crippen MR) is 183 cm³/mol. The summed E-state index contributed by atoms with van der Waals surface area (Å²) in [5.74, 6) is -0.294. The highest BCUT2D eigenvalue weighted by Gasteiger charge is 2.39. The van der Waals surface area contributed by atoms with Crippen molar-refractivity contribution in [3.05, 3.63) is 137 Å². The fraction of sp³-hybridized carbons (Fsp3) is 0.359. The second-order valence-corrected chi connectivity index (χ2v) is 13.2. The molecule has 9 heteroatoms. The third-order valence-corrected chi connectivity index (χ3v) is 8.89. The zero-order chi connectivity index (χ0) is 34.3. The molecular formula is C39H44F2N4O3. The Balaban J connectivity index is 1.42. The Hall–Kier alpha value is -4.79. The Kier molecular flexibility index (Phi) is 10.8. The zero-order valence-corrected chi connectivity index (χ0v) is 28.1. The van der Waals surface area contributed by atoms with Crippen LogP contribution < -0.4 is 5.32 Å². The van der Waals surface area contributed by atoms with E-state index in [0.29, 0.717) is 19.3 Å². The topological polar surface area (TPSA) is 76.5 Å². The molecule has 0 unspecified atom stereocenters. The molecule has 0 bridgehead atoms. The maximum absolute atomic E-state index is 13.6. The van der Waals surface area contributed by atoms with E-state index in [9.17, 15) is 18.4 Å². The van der Waals surface area contributed by atoms with E-state index < -0.39 is 29.4 Å². The highest BCUT2D eigenvalue weighted by Crippen LogP contribution is 2.42. The molecule has 1 N–H and O–H groups in total. The summed E-state index contributed by atoms with van der Waals surface area (Å²) in [6.07, 6.45) is 1.23. The van der Waals surface area contributed by atoms with Gasteiger partial charge in [-0.2, -0.15) is 8.78 Å². The number of rotatable bonds is 10. The lowest BCUT2D eigenvalue weighted by molar-refractivity contribution is -0.134. The first kappa shape index (κ1) is 34.5. The van der Waals surface area contributed by atoms with Crippen molar-refractivity contribution >= 4 is 12.0 Å². The number of nitrogens with zero attached hydrogens (tertiary/aromatic N) is 3. The fourth-order valence-corrected chi connectivity index (χ4v) is 6.57. The van der Waals surface area contributed by atoms with Crippen LogP contribution in [0.1, 0.15) is 74.5 Å². The van der Waals surface area contributed by atoms with Gasteiger partial charge >= 0.3 is 6.09 Å². The molecule has 4 aromatic rings. The lowest BCUT2D eigenvalue weighted by atomic mass is 9.76. The van der Waals surface area contributed by atoms with Gasteiger partial charge in [0.15, 0.2) is 0 Å². The minimum Gasteiger partial charge on any atom is -0.444 e. The number of likely N-dealkylation sites (tertiary alicyclic amines) is 1. The summed E-state index contributed by atoms with van der Waals surface area (Å²) in [5.41, 5.74) is 3.79. The van der Waals surface area contributed by atoms with E-state index in [-0.39, 0.29) is 37.4 Å². The molecule has 0 radical (unpaired) electrons. The van der Waals surface area contributed by atoms with Crippen molar-refractivity contribution in [1.82, 2.24) is 19.8 Å². The molecule has 0 aliphatic carbocycles. The van der Waals surface area contributed by atoms with E-state index in [1.807, 2.05) is 60.9 Å². The standard InChI is InChI=1S/C39H44F2N4O3/c1-28-33(21-14-22-34(43-37(47)48-38(2,3)4)36(46)44-25-23-29(24-26-44)35(40)41)42-27-45(28)39(30-15-8-5-9-16-30,31-17-10-6-11-18-31)32-19-12-7-13-20-32/h5-13,15-20,27,34H,14,21-26H2,1-4H3,(H,43,47)/t34-/m0/s1. The van der Waals surface area contributed by atoms with Gasteiger partial charge in [-0.05, 0) is 82.1 Å². The summed E-state index contributed by atoms with van der Waals surface area (Å²) < 4.78 is 34.0. The van der Waals surface area contributed by atoms with Crippen LogP contribution in [0.5, 0.6) is 0 Å². The van der Waals surface area contributed by atoms with Crippen LogP contribution in [0.4, 0.5) is 13.6 Å². The number of aryl methyl sites for hydroxylation is 1. The first-order valence-corrected chi connectivity index (χ1v) is 16.5. The number of hydrogen-bond acceptors (Lipinski definition) is 4. The molecule has 2 heterocycles. The second kappa shape index (κ2) is 15.0. The van der Waals surface area contributed by atoms with Gasteiger partial charge in [-0.25, -0.2) is 9.78 Å². The Bertz CT molecular complexity index is 1610. The van der Waals surface area contributed by atoms with Gasteiger partial charge in [0.2, 0.25) is 5.91 Å². The summed E-state index contributed by atoms with van der Waals surface area (Å²) in [4.78, 5) is 32.9. The van der Waals surface area contributed by atoms with Crippen molar-refractivity contribution in [2.75, 3.05) is 13.1 Å². The number of ether oxygens (including phenoxy) is 1. The number of alkyl carbamates (subject to hydrolysis) is 1. The van der Waals surface area contributed by atoms with Crippen molar-refractivity contribution in [3.63, 3.8) is 0 Å². The van der Waals surface area contributed by atoms with Crippen LogP contribution in [0, 0.1) is 6.92 Å². The largest absolute Gasteiger partial charge is 0.444 e. The van der Waals surface area contributed by atoms with E-state index in [1.54, 1.807) is 25.7 Å². The quantitative estimate of drug-likeness (QED) is 0.176. The molecule has 252 valence electrons.